The summed E-state index contributed by atoms with van der Waals surface area (Å²) in [6.07, 6.45) is 0. The summed E-state index contributed by atoms with van der Waals surface area (Å²) in [4.78, 5) is 11.1. The van der Waals surface area contributed by atoms with Crippen LogP contribution in [-0.4, -0.2) is 11.1 Å². The lowest BCUT2D eigenvalue weighted by Gasteiger charge is -2.14. The standard InChI is InChI=1S/C15H16N2O2/c1-9(10-2-5-12(16)6-3-10)11-4-7-14(17)13(8-11)15(18)19/h2-9H,16-17H2,1H3,(H,18,19). The minimum atomic E-state index is -1.01. The third kappa shape index (κ3) is 2.68. The number of benzene rings is 2. The Labute approximate surface area is 111 Å². The van der Waals surface area contributed by atoms with Crippen molar-refractivity contribution in [3.8, 4) is 0 Å². The van der Waals surface area contributed by atoms with E-state index in [0.717, 1.165) is 11.1 Å². The molecule has 1 atom stereocenters. The van der Waals surface area contributed by atoms with Crippen LogP contribution >= 0.6 is 0 Å². The van der Waals surface area contributed by atoms with Gasteiger partial charge in [0.25, 0.3) is 0 Å². The third-order valence-corrected chi connectivity index (χ3v) is 3.24. The lowest BCUT2D eigenvalue weighted by molar-refractivity contribution is 0.0698. The van der Waals surface area contributed by atoms with Crippen molar-refractivity contribution in [1.82, 2.24) is 0 Å². The highest BCUT2D eigenvalue weighted by atomic mass is 16.4. The van der Waals surface area contributed by atoms with E-state index in [1.54, 1.807) is 12.1 Å². The second-order valence-electron chi connectivity index (χ2n) is 4.54. The average molecular weight is 256 g/mol. The number of anilines is 2. The largest absolute Gasteiger partial charge is 0.478 e. The molecule has 4 nitrogen and oxygen atoms in total. The highest BCUT2D eigenvalue weighted by Crippen LogP contribution is 2.27. The third-order valence-electron chi connectivity index (χ3n) is 3.24. The van der Waals surface area contributed by atoms with Crippen LogP contribution in [-0.2, 0) is 0 Å². The number of hydrogen-bond donors (Lipinski definition) is 3. The highest BCUT2D eigenvalue weighted by molar-refractivity contribution is 5.93. The zero-order valence-electron chi connectivity index (χ0n) is 10.6. The van der Waals surface area contributed by atoms with Gasteiger partial charge in [-0.3, -0.25) is 0 Å². The lowest BCUT2D eigenvalue weighted by atomic mass is 9.91. The molecule has 5 N–H and O–H groups in total. The van der Waals surface area contributed by atoms with Gasteiger partial charge in [0.15, 0.2) is 0 Å². The molecule has 0 amide bonds. The molecule has 0 spiro atoms. The Morgan fingerprint density at radius 3 is 2.21 bits per heavy atom. The quantitative estimate of drug-likeness (QED) is 0.736. The Hall–Kier alpha value is -2.49. The van der Waals surface area contributed by atoms with Gasteiger partial charge >= 0.3 is 5.97 Å². The zero-order valence-corrected chi connectivity index (χ0v) is 10.6. The lowest BCUT2D eigenvalue weighted by Crippen LogP contribution is -2.05. The number of aromatic carboxylic acids is 1. The molecule has 0 saturated carbocycles. The number of carboxylic acid groups (broad SMARTS) is 1. The van der Waals surface area contributed by atoms with Gasteiger partial charge in [-0.05, 0) is 35.4 Å². The van der Waals surface area contributed by atoms with Crippen LogP contribution in [0.2, 0.25) is 0 Å². The highest BCUT2D eigenvalue weighted by Gasteiger charge is 2.13. The van der Waals surface area contributed by atoms with Crippen LogP contribution in [0.5, 0.6) is 0 Å². The summed E-state index contributed by atoms with van der Waals surface area (Å²) in [6.45, 7) is 2.02. The van der Waals surface area contributed by atoms with E-state index in [1.807, 2.05) is 37.3 Å². The fourth-order valence-corrected chi connectivity index (χ4v) is 2.01. The van der Waals surface area contributed by atoms with Gasteiger partial charge in [-0.25, -0.2) is 4.79 Å². The van der Waals surface area contributed by atoms with Crippen molar-refractivity contribution in [2.45, 2.75) is 12.8 Å². The minimum absolute atomic E-state index is 0.0827. The first kappa shape index (κ1) is 13.0. The van der Waals surface area contributed by atoms with Gasteiger partial charge < -0.3 is 16.6 Å². The predicted octanol–water partition coefficient (Wildman–Crippen LogP) is 2.70. The summed E-state index contributed by atoms with van der Waals surface area (Å²) in [5.74, 6) is -0.928. The fourth-order valence-electron chi connectivity index (χ4n) is 2.01. The van der Waals surface area contributed by atoms with E-state index in [-0.39, 0.29) is 17.2 Å². The molecule has 0 fully saturated rings. The average Bonchev–Trinajstić information content (AvgIpc) is 2.39. The Balaban J connectivity index is 2.38. The van der Waals surface area contributed by atoms with Crippen LogP contribution in [0.25, 0.3) is 0 Å². The Kier molecular flexibility index (Phi) is 3.42. The van der Waals surface area contributed by atoms with Crippen LogP contribution < -0.4 is 11.5 Å². The molecule has 0 aromatic heterocycles. The van der Waals surface area contributed by atoms with Gasteiger partial charge in [-0.1, -0.05) is 25.1 Å². The first-order chi connectivity index (χ1) is 8.99. The zero-order chi connectivity index (χ0) is 14.0. The Morgan fingerprint density at radius 2 is 1.63 bits per heavy atom. The summed E-state index contributed by atoms with van der Waals surface area (Å²) in [5, 5.41) is 9.08. The maximum atomic E-state index is 11.1. The molecule has 0 aliphatic heterocycles. The van der Waals surface area contributed by atoms with Gasteiger partial charge in [0.1, 0.15) is 0 Å². The van der Waals surface area contributed by atoms with Crippen molar-refractivity contribution in [3.05, 3.63) is 59.2 Å². The summed E-state index contributed by atoms with van der Waals surface area (Å²) in [6, 6.07) is 12.7. The summed E-state index contributed by atoms with van der Waals surface area (Å²) >= 11 is 0. The molecule has 98 valence electrons. The fraction of sp³-hybridized carbons (Fsp3) is 0.133. The van der Waals surface area contributed by atoms with Crippen molar-refractivity contribution < 1.29 is 9.90 Å². The molecular weight excluding hydrogens is 240 g/mol. The van der Waals surface area contributed by atoms with Gasteiger partial charge in [-0.2, -0.15) is 0 Å². The number of nitrogen functional groups attached to an aromatic ring is 2. The van der Waals surface area contributed by atoms with Gasteiger partial charge in [0.2, 0.25) is 0 Å². The second-order valence-corrected chi connectivity index (χ2v) is 4.54. The number of hydrogen-bond acceptors (Lipinski definition) is 3. The summed E-state index contributed by atoms with van der Waals surface area (Å²) in [7, 11) is 0. The minimum Gasteiger partial charge on any atom is -0.478 e. The molecular formula is C15H16N2O2. The first-order valence-electron chi connectivity index (χ1n) is 5.97. The van der Waals surface area contributed by atoms with E-state index in [1.165, 1.54) is 0 Å². The molecule has 1 unspecified atom stereocenters. The molecule has 0 aliphatic carbocycles. The maximum absolute atomic E-state index is 11.1. The van der Waals surface area contributed by atoms with Crippen LogP contribution in [0.1, 0.15) is 34.3 Å². The molecule has 2 aromatic rings. The topological polar surface area (TPSA) is 89.3 Å². The van der Waals surface area contributed by atoms with Gasteiger partial charge in [0.05, 0.1) is 5.56 Å². The Bertz CT molecular complexity index is 606. The van der Waals surface area contributed by atoms with Crippen LogP contribution in [0, 0.1) is 0 Å². The summed E-state index contributed by atoms with van der Waals surface area (Å²) in [5.41, 5.74) is 14.4. The summed E-state index contributed by atoms with van der Waals surface area (Å²) < 4.78 is 0. The monoisotopic (exact) mass is 256 g/mol. The van der Waals surface area contributed by atoms with Crippen molar-refractivity contribution in [1.29, 1.82) is 0 Å². The van der Waals surface area contributed by atoms with E-state index in [9.17, 15) is 4.79 Å². The SMILES string of the molecule is CC(c1ccc(N)cc1)c1ccc(N)c(C(=O)O)c1. The maximum Gasteiger partial charge on any atom is 0.337 e. The van der Waals surface area contributed by atoms with Crippen LogP contribution in [0.4, 0.5) is 11.4 Å². The van der Waals surface area contributed by atoms with Crippen LogP contribution in [0.15, 0.2) is 42.5 Å². The van der Waals surface area contributed by atoms with Crippen molar-refractivity contribution in [3.63, 3.8) is 0 Å². The van der Waals surface area contributed by atoms with Crippen LogP contribution in [0.3, 0.4) is 0 Å². The molecule has 0 radical (unpaired) electrons. The molecule has 19 heavy (non-hydrogen) atoms. The van der Waals surface area contributed by atoms with Gasteiger partial charge in [-0.15, -0.1) is 0 Å². The van der Waals surface area contributed by atoms with Crippen molar-refractivity contribution >= 4 is 17.3 Å². The molecule has 0 heterocycles. The predicted molar refractivity (Wildman–Crippen MR) is 76.2 cm³/mol. The molecule has 0 aliphatic rings. The molecule has 4 heteroatoms. The molecule has 0 saturated heterocycles. The van der Waals surface area contributed by atoms with E-state index in [4.69, 9.17) is 16.6 Å². The second kappa shape index (κ2) is 5.02. The molecule has 2 rings (SSSR count). The van der Waals surface area contributed by atoms with Crippen molar-refractivity contribution in [2.75, 3.05) is 11.5 Å². The first-order valence-corrected chi connectivity index (χ1v) is 5.97. The number of nitrogens with two attached hydrogens (primary N) is 2. The number of carbonyl (C=O) groups is 1. The Morgan fingerprint density at radius 1 is 1.05 bits per heavy atom. The number of carboxylic acids is 1. The smallest absolute Gasteiger partial charge is 0.337 e. The van der Waals surface area contributed by atoms with E-state index < -0.39 is 5.97 Å². The van der Waals surface area contributed by atoms with Gasteiger partial charge in [0, 0.05) is 17.3 Å². The van der Waals surface area contributed by atoms with Crippen molar-refractivity contribution in [2.24, 2.45) is 0 Å². The molecule has 2 aromatic carbocycles. The molecule has 0 bridgehead atoms. The van der Waals surface area contributed by atoms with E-state index >= 15 is 0 Å². The van der Waals surface area contributed by atoms with E-state index in [2.05, 4.69) is 0 Å². The normalized spacial score (nSPS) is 12.1. The van der Waals surface area contributed by atoms with E-state index in [0.29, 0.717) is 5.69 Å². The number of rotatable bonds is 3.